The van der Waals surface area contributed by atoms with Crippen LogP contribution in [0.25, 0.3) is 0 Å². The minimum atomic E-state index is 0.246. The van der Waals surface area contributed by atoms with Crippen LogP contribution in [0.15, 0.2) is 17.4 Å². The maximum Gasteiger partial charge on any atom is 0.191 e. The van der Waals surface area contributed by atoms with Crippen LogP contribution in [0, 0.1) is 5.41 Å². The SMILES string of the molecule is CN=C(NCC(c1cnn(C)c1)N(C)C)NCC1(CCOC)CCCC1. The molecule has 0 amide bonds. The first-order chi connectivity index (χ1) is 12.5. The van der Waals surface area contributed by atoms with Crippen molar-refractivity contribution in [3.63, 3.8) is 0 Å². The van der Waals surface area contributed by atoms with E-state index in [-0.39, 0.29) is 6.04 Å². The van der Waals surface area contributed by atoms with Gasteiger partial charge in [-0.1, -0.05) is 12.8 Å². The molecule has 0 bridgehead atoms. The monoisotopic (exact) mass is 364 g/mol. The Balaban J connectivity index is 1.90. The molecule has 0 radical (unpaired) electrons. The fourth-order valence-electron chi connectivity index (χ4n) is 3.85. The number of nitrogens with one attached hydrogen (secondary N) is 2. The number of rotatable bonds is 9. The topological polar surface area (TPSA) is 66.7 Å². The first kappa shape index (κ1) is 20.7. The largest absolute Gasteiger partial charge is 0.385 e. The van der Waals surface area contributed by atoms with Gasteiger partial charge in [-0.15, -0.1) is 0 Å². The van der Waals surface area contributed by atoms with Gasteiger partial charge in [0.05, 0.1) is 12.2 Å². The lowest BCUT2D eigenvalue weighted by molar-refractivity contribution is 0.138. The van der Waals surface area contributed by atoms with Gasteiger partial charge in [-0.3, -0.25) is 9.67 Å². The van der Waals surface area contributed by atoms with E-state index in [2.05, 4.69) is 45.9 Å². The second-order valence-corrected chi connectivity index (χ2v) is 7.68. The molecule has 7 heteroatoms. The number of nitrogens with zero attached hydrogens (tertiary/aromatic N) is 4. The van der Waals surface area contributed by atoms with E-state index in [1.807, 2.05) is 25.0 Å². The smallest absolute Gasteiger partial charge is 0.191 e. The first-order valence-corrected chi connectivity index (χ1v) is 9.58. The van der Waals surface area contributed by atoms with Crippen molar-refractivity contribution in [1.82, 2.24) is 25.3 Å². The number of likely N-dealkylation sites (N-methyl/N-ethyl adjacent to an activating group) is 1. The normalized spacial score (nSPS) is 18.3. The number of aliphatic imine (C=N–C) groups is 1. The Labute approximate surface area is 158 Å². The summed E-state index contributed by atoms with van der Waals surface area (Å²) in [6.45, 7) is 2.57. The van der Waals surface area contributed by atoms with E-state index in [9.17, 15) is 0 Å². The van der Waals surface area contributed by atoms with Gasteiger partial charge in [0.2, 0.25) is 0 Å². The summed E-state index contributed by atoms with van der Waals surface area (Å²) in [5, 5.41) is 11.3. The molecular formula is C19H36N6O. The van der Waals surface area contributed by atoms with Gasteiger partial charge in [0.25, 0.3) is 0 Å². The Hall–Kier alpha value is -1.60. The molecule has 26 heavy (non-hydrogen) atoms. The van der Waals surface area contributed by atoms with Crippen molar-refractivity contribution < 1.29 is 4.74 Å². The summed E-state index contributed by atoms with van der Waals surface area (Å²) in [6, 6.07) is 0.246. The third kappa shape index (κ3) is 5.71. The fourth-order valence-corrected chi connectivity index (χ4v) is 3.85. The minimum absolute atomic E-state index is 0.246. The molecule has 1 aliphatic carbocycles. The van der Waals surface area contributed by atoms with Crippen molar-refractivity contribution in [2.45, 2.75) is 38.1 Å². The van der Waals surface area contributed by atoms with Gasteiger partial charge in [0, 0.05) is 52.7 Å². The van der Waals surface area contributed by atoms with E-state index in [1.54, 1.807) is 7.11 Å². The summed E-state index contributed by atoms with van der Waals surface area (Å²) in [4.78, 5) is 6.62. The van der Waals surface area contributed by atoms with Crippen LogP contribution in [0.5, 0.6) is 0 Å². The summed E-state index contributed by atoms with van der Waals surface area (Å²) >= 11 is 0. The molecule has 0 saturated heterocycles. The van der Waals surface area contributed by atoms with E-state index in [0.29, 0.717) is 5.41 Å². The van der Waals surface area contributed by atoms with Crippen molar-refractivity contribution in [3.8, 4) is 0 Å². The zero-order valence-corrected chi connectivity index (χ0v) is 17.1. The lowest BCUT2D eigenvalue weighted by atomic mass is 9.83. The standard InChI is InChI=1S/C19H36N6O/c1-20-18(22-15-19(10-11-26-5)8-6-7-9-19)21-13-17(24(2)3)16-12-23-25(4)14-16/h12,14,17H,6-11,13,15H2,1-5H3,(H2,20,21,22). The third-order valence-corrected chi connectivity index (χ3v) is 5.55. The lowest BCUT2D eigenvalue weighted by Gasteiger charge is -2.30. The molecule has 0 aromatic carbocycles. The molecule has 1 unspecified atom stereocenters. The average molecular weight is 365 g/mol. The molecule has 0 aliphatic heterocycles. The Morgan fingerprint density at radius 2 is 2.12 bits per heavy atom. The zero-order valence-electron chi connectivity index (χ0n) is 17.1. The van der Waals surface area contributed by atoms with E-state index in [4.69, 9.17) is 4.74 Å². The predicted octanol–water partition coefficient (Wildman–Crippen LogP) is 1.78. The van der Waals surface area contributed by atoms with Crippen molar-refractivity contribution in [2.24, 2.45) is 17.5 Å². The molecule has 0 spiro atoms. The van der Waals surface area contributed by atoms with Crippen LogP contribution in [0.1, 0.15) is 43.7 Å². The first-order valence-electron chi connectivity index (χ1n) is 9.58. The minimum Gasteiger partial charge on any atom is -0.385 e. The van der Waals surface area contributed by atoms with Gasteiger partial charge < -0.3 is 20.3 Å². The average Bonchev–Trinajstić information content (AvgIpc) is 3.25. The molecule has 7 nitrogen and oxygen atoms in total. The van der Waals surface area contributed by atoms with E-state index in [0.717, 1.165) is 32.1 Å². The molecule has 2 rings (SSSR count). The molecular weight excluding hydrogens is 328 g/mol. The fraction of sp³-hybridized carbons (Fsp3) is 0.789. The molecule has 1 atom stereocenters. The second-order valence-electron chi connectivity index (χ2n) is 7.68. The number of ether oxygens (including phenoxy) is 1. The molecule has 1 saturated carbocycles. The summed E-state index contributed by atoms with van der Waals surface area (Å²) in [5.74, 6) is 0.865. The Kier molecular flexibility index (Phi) is 7.90. The number of aromatic nitrogens is 2. The number of hydrogen-bond acceptors (Lipinski definition) is 4. The molecule has 1 aromatic rings. The molecule has 2 N–H and O–H groups in total. The number of aryl methyl sites for hydroxylation is 1. The summed E-state index contributed by atoms with van der Waals surface area (Å²) in [6.07, 6.45) is 10.3. The van der Waals surface area contributed by atoms with E-state index in [1.165, 1.54) is 31.2 Å². The lowest BCUT2D eigenvalue weighted by Crippen LogP contribution is -2.45. The van der Waals surface area contributed by atoms with Crippen molar-refractivity contribution in [2.75, 3.05) is 47.9 Å². The van der Waals surface area contributed by atoms with Crippen LogP contribution in [0.2, 0.25) is 0 Å². The van der Waals surface area contributed by atoms with Crippen LogP contribution in [0.3, 0.4) is 0 Å². The number of guanidine groups is 1. The summed E-state index contributed by atoms with van der Waals surface area (Å²) in [5.41, 5.74) is 1.55. The third-order valence-electron chi connectivity index (χ3n) is 5.55. The highest BCUT2D eigenvalue weighted by Crippen LogP contribution is 2.40. The molecule has 1 aliphatic rings. The Bertz CT molecular complexity index is 562. The summed E-state index contributed by atoms with van der Waals surface area (Å²) in [7, 11) is 9.75. The van der Waals surface area contributed by atoms with Crippen molar-refractivity contribution in [3.05, 3.63) is 18.0 Å². The van der Waals surface area contributed by atoms with Crippen LogP contribution in [-0.4, -0.2) is 68.6 Å². The highest BCUT2D eigenvalue weighted by molar-refractivity contribution is 5.79. The van der Waals surface area contributed by atoms with Gasteiger partial charge in [-0.05, 0) is 38.8 Å². The van der Waals surface area contributed by atoms with Crippen LogP contribution < -0.4 is 10.6 Å². The van der Waals surface area contributed by atoms with Crippen LogP contribution in [-0.2, 0) is 11.8 Å². The molecule has 1 fully saturated rings. The van der Waals surface area contributed by atoms with Crippen LogP contribution >= 0.6 is 0 Å². The van der Waals surface area contributed by atoms with E-state index >= 15 is 0 Å². The molecule has 148 valence electrons. The van der Waals surface area contributed by atoms with Gasteiger partial charge in [-0.25, -0.2) is 0 Å². The molecule has 1 aromatic heterocycles. The predicted molar refractivity (Wildman–Crippen MR) is 106 cm³/mol. The quantitative estimate of drug-likeness (QED) is 0.516. The highest BCUT2D eigenvalue weighted by Gasteiger charge is 2.33. The Morgan fingerprint density at radius 3 is 2.65 bits per heavy atom. The van der Waals surface area contributed by atoms with Gasteiger partial charge in [0.1, 0.15) is 0 Å². The molecule has 1 heterocycles. The van der Waals surface area contributed by atoms with Gasteiger partial charge in [-0.2, -0.15) is 5.10 Å². The van der Waals surface area contributed by atoms with Gasteiger partial charge >= 0.3 is 0 Å². The van der Waals surface area contributed by atoms with E-state index < -0.39 is 0 Å². The second kappa shape index (κ2) is 9.92. The highest BCUT2D eigenvalue weighted by atomic mass is 16.5. The number of methoxy groups -OCH3 is 1. The maximum atomic E-state index is 5.33. The maximum absolute atomic E-state index is 5.33. The van der Waals surface area contributed by atoms with Gasteiger partial charge in [0.15, 0.2) is 5.96 Å². The number of hydrogen-bond donors (Lipinski definition) is 2. The van der Waals surface area contributed by atoms with Crippen LogP contribution in [0.4, 0.5) is 0 Å². The van der Waals surface area contributed by atoms with Crippen molar-refractivity contribution in [1.29, 1.82) is 0 Å². The Morgan fingerprint density at radius 1 is 1.38 bits per heavy atom. The zero-order chi connectivity index (χ0) is 19.0. The summed E-state index contributed by atoms with van der Waals surface area (Å²) < 4.78 is 7.18. The van der Waals surface area contributed by atoms with Crippen molar-refractivity contribution >= 4 is 5.96 Å².